The predicted molar refractivity (Wildman–Crippen MR) is 79.2 cm³/mol. The van der Waals surface area contributed by atoms with Gasteiger partial charge in [-0.1, -0.05) is 48.6 Å². The van der Waals surface area contributed by atoms with Gasteiger partial charge in [-0.25, -0.2) is 0 Å². The molecule has 3 nitrogen and oxygen atoms in total. The first-order chi connectivity index (χ1) is 9.72. The number of aromatic nitrogens is 1. The molecular weight excluding hydrogens is 250 g/mol. The van der Waals surface area contributed by atoms with Crippen molar-refractivity contribution in [1.82, 2.24) is 4.98 Å². The van der Waals surface area contributed by atoms with Crippen molar-refractivity contribution in [2.75, 3.05) is 6.61 Å². The summed E-state index contributed by atoms with van der Waals surface area (Å²) in [5.74, 6) is -0.158. The van der Waals surface area contributed by atoms with Crippen molar-refractivity contribution in [2.24, 2.45) is 0 Å². The van der Waals surface area contributed by atoms with E-state index in [1.165, 1.54) is 0 Å². The summed E-state index contributed by atoms with van der Waals surface area (Å²) in [7, 11) is 0. The number of hydrogen-bond donors (Lipinski definition) is 2. The molecule has 0 radical (unpaired) electrons. The lowest BCUT2D eigenvalue weighted by atomic mass is 9.89. The predicted octanol–water partition coefficient (Wildman–Crippen LogP) is 2.84. The lowest BCUT2D eigenvalue weighted by molar-refractivity contribution is 0.168. The van der Waals surface area contributed by atoms with Crippen molar-refractivity contribution < 1.29 is 10.2 Å². The van der Waals surface area contributed by atoms with Crippen LogP contribution in [-0.4, -0.2) is 21.8 Å². The zero-order valence-corrected chi connectivity index (χ0v) is 11.3. The third-order valence-corrected chi connectivity index (χ3v) is 3.36. The third kappa shape index (κ3) is 3.53. The van der Waals surface area contributed by atoms with E-state index in [2.05, 4.69) is 11.6 Å². The quantitative estimate of drug-likeness (QED) is 0.793. The largest absolute Gasteiger partial charge is 0.395 e. The summed E-state index contributed by atoms with van der Waals surface area (Å²) in [4.78, 5) is 4.14. The molecule has 2 N–H and O–H groups in total. The molecule has 1 aromatic carbocycles. The summed E-state index contributed by atoms with van der Waals surface area (Å²) >= 11 is 0. The molecule has 3 heteroatoms. The normalized spacial score (nSPS) is 13.7. The lowest BCUT2D eigenvalue weighted by Gasteiger charge is -2.20. The molecule has 0 aliphatic heterocycles. The van der Waals surface area contributed by atoms with Crippen LogP contribution in [0.4, 0.5) is 0 Å². The Hall–Kier alpha value is -1.97. The number of nitrogens with zero attached hydrogens (tertiary/aromatic N) is 1. The SMILES string of the molecule is C=C(C[C@H](O)c1ccccn1)[C@H](CO)c1ccccc1. The van der Waals surface area contributed by atoms with E-state index in [4.69, 9.17) is 0 Å². The summed E-state index contributed by atoms with van der Waals surface area (Å²) in [6.07, 6.45) is 1.35. The van der Waals surface area contributed by atoms with E-state index in [9.17, 15) is 10.2 Å². The average molecular weight is 269 g/mol. The Morgan fingerprint density at radius 1 is 1.10 bits per heavy atom. The number of aliphatic hydroxyl groups excluding tert-OH is 2. The van der Waals surface area contributed by atoms with E-state index in [0.717, 1.165) is 11.1 Å². The van der Waals surface area contributed by atoms with Gasteiger partial charge in [0.2, 0.25) is 0 Å². The van der Waals surface area contributed by atoms with Crippen LogP contribution in [0.15, 0.2) is 66.9 Å². The Balaban J connectivity index is 2.07. The van der Waals surface area contributed by atoms with Gasteiger partial charge in [0.1, 0.15) is 0 Å². The van der Waals surface area contributed by atoms with Gasteiger partial charge in [0, 0.05) is 18.5 Å². The van der Waals surface area contributed by atoms with Crippen LogP contribution in [0, 0.1) is 0 Å². The van der Waals surface area contributed by atoms with Crippen molar-refractivity contribution in [1.29, 1.82) is 0 Å². The molecule has 0 aliphatic carbocycles. The molecule has 0 amide bonds. The zero-order valence-electron chi connectivity index (χ0n) is 11.3. The van der Waals surface area contributed by atoms with E-state index in [0.29, 0.717) is 12.1 Å². The minimum Gasteiger partial charge on any atom is -0.395 e. The molecule has 104 valence electrons. The van der Waals surface area contributed by atoms with Gasteiger partial charge in [-0.2, -0.15) is 0 Å². The highest BCUT2D eigenvalue weighted by molar-refractivity contribution is 5.28. The van der Waals surface area contributed by atoms with Crippen LogP contribution in [0.5, 0.6) is 0 Å². The Morgan fingerprint density at radius 2 is 1.80 bits per heavy atom. The third-order valence-electron chi connectivity index (χ3n) is 3.36. The van der Waals surface area contributed by atoms with Gasteiger partial charge in [0.05, 0.1) is 18.4 Å². The van der Waals surface area contributed by atoms with E-state index in [-0.39, 0.29) is 12.5 Å². The second kappa shape index (κ2) is 6.98. The minimum atomic E-state index is -0.693. The van der Waals surface area contributed by atoms with Crippen LogP contribution in [0.2, 0.25) is 0 Å². The summed E-state index contributed by atoms with van der Waals surface area (Å²) < 4.78 is 0. The lowest BCUT2D eigenvalue weighted by Crippen LogP contribution is -2.10. The average Bonchev–Trinajstić information content (AvgIpc) is 2.50. The molecule has 0 saturated heterocycles. The Labute approximate surface area is 119 Å². The first kappa shape index (κ1) is 14.4. The molecule has 1 aromatic heterocycles. The molecule has 0 fully saturated rings. The summed E-state index contributed by atoms with van der Waals surface area (Å²) in [6, 6.07) is 15.2. The van der Waals surface area contributed by atoms with E-state index in [1.807, 2.05) is 42.5 Å². The van der Waals surface area contributed by atoms with Gasteiger partial charge in [-0.3, -0.25) is 4.98 Å². The Bertz CT molecular complexity index is 539. The molecule has 0 saturated carbocycles. The fourth-order valence-corrected chi connectivity index (χ4v) is 2.22. The maximum atomic E-state index is 10.2. The molecule has 20 heavy (non-hydrogen) atoms. The minimum absolute atomic E-state index is 0.0161. The zero-order chi connectivity index (χ0) is 14.4. The Kier molecular flexibility index (Phi) is 5.04. The van der Waals surface area contributed by atoms with Crippen LogP contribution >= 0.6 is 0 Å². The van der Waals surface area contributed by atoms with Gasteiger partial charge in [0.15, 0.2) is 0 Å². The van der Waals surface area contributed by atoms with Crippen molar-refractivity contribution in [3.63, 3.8) is 0 Å². The first-order valence-corrected chi connectivity index (χ1v) is 6.65. The van der Waals surface area contributed by atoms with Crippen LogP contribution in [0.1, 0.15) is 29.7 Å². The highest BCUT2D eigenvalue weighted by atomic mass is 16.3. The van der Waals surface area contributed by atoms with E-state index in [1.54, 1.807) is 12.3 Å². The van der Waals surface area contributed by atoms with Crippen LogP contribution < -0.4 is 0 Å². The second-order valence-corrected chi connectivity index (χ2v) is 4.78. The van der Waals surface area contributed by atoms with Crippen LogP contribution in [0.25, 0.3) is 0 Å². The van der Waals surface area contributed by atoms with Crippen molar-refractivity contribution >= 4 is 0 Å². The van der Waals surface area contributed by atoms with Crippen molar-refractivity contribution in [3.05, 3.63) is 78.1 Å². The summed E-state index contributed by atoms with van der Waals surface area (Å²) in [5.41, 5.74) is 2.43. The van der Waals surface area contributed by atoms with Crippen LogP contribution in [0.3, 0.4) is 0 Å². The molecular formula is C17H19NO2. The number of benzene rings is 1. The molecule has 0 aliphatic rings. The van der Waals surface area contributed by atoms with E-state index >= 15 is 0 Å². The molecule has 0 unspecified atom stereocenters. The van der Waals surface area contributed by atoms with Gasteiger partial charge >= 0.3 is 0 Å². The molecule has 0 spiro atoms. The maximum absolute atomic E-state index is 10.2. The van der Waals surface area contributed by atoms with E-state index < -0.39 is 6.10 Å². The number of hydrogen-bond acceptors (Lipinski definition) is 3. The topological polar surface area (TPSA) is 53.4 Å². The molecule has 2 atom stereocenters. The van der Waals surface area contributed by atoms with Crippen LogP contribution in [-0.2, 0) is 0 Å². The van der Waals surface area contributed by atoms with Gasteiger partial charge < -0.3 is 10.2 Å². The highest BCUT2D eigenvalue weighted by Crippen LogP contribution is 2.29. The Morgan fingerprint density at radius 3 is 2.40 bits per heavy atom. The maximum Gasteiger partial charge on any atom is 0.0996 e. The number of pyridine rings is 1. The van der Waals surface area contributed by atoms with Crippen molar-refractivity contribution in [2.45, 2.75) is 18.4 Å². The monoisotopic (exact) mass is 269 g/mol. The fraction of sp³-hybridized carbons (Fsp3) is 0.235. The standard InChI is InChI=1S/C17H19NO2/c1-13(11-17(20)16-9-5-6-10-18-16)15(12-19)14-7-3-2-4-8-14/h2-10,15,17,19-20H,1,11-12H2/t15-,17-/m0/s1. The first-order valence-electron chi connectivity index (χ1n) is 6.65. The second-order valence-electron chi connectivity index (χ2n) is 4.78. The van der Waals surface area contributed by atoms with Crippen molar-refractivity contribution in [3.8, 4) is 0 Å². The van der Waals surface area contributed by atoms with Gasteiger partial charge in [-0.05, 0) is 17.7 Å². The fourth-order valence-electron chi connectivity index (χ4n) is 2.22. The molecule has 1 heterocycles. The van der Waals surface area contributed by atoms with Gasteiger partial charge in [-0.15, -0.1) is 0 Å². The molecule has 0 bridgehead atoms. The summed E-state index contributed by atoms with van der Waals surface area (Å²) in [5, 5.41) is 19.8. The number of rotatable bonds is 6. The van der Waals surface area contributed by atoms with Gasteiger partial charge in [0.25, 0.3) is 0 Å². The highest BCUT2D eigenvalue weighted by Gasteiger charge is 2.18. The smallest absolute Gasteiger partial charge is 0.0996 e. The number of aliphatic hydroxyl groups is 2. The molecule has 2 aromatic rings. The summed E-state index contributed by atoms with van der Waals surface area (Å²) in [6.45, 7) is 4.00. The molecule has 2 rings (SSSR count).